The molecule has 0 aromatic heterocycles. The van der Waals surface area contributed by atoms with Crippen molar-refractivity contribution in [3.63, 3.8) is 0 Å². The molecule has 0 aliphatic heterocycles. The normalized spacial score (nSPS) is 14.0. The molecule has 3 N–H and O–H groups in total. The van der Waals surface area contributed by atoms with E-state index in [-0.39, 0.29) is 19.4 Å². The predicted molar refractivity (Wildman–Crippen MR) is 256 cm³/mol. The Morgan fingerprint density at radius 1 is 0.484 bits per heavy atom. The van der Waals surface area contributed by atoms with Crippen molar-refractivity contribution in [3.8, 4) is 0 Å². The van der Waals surface area contributed by atoms with Gasteiger partial charge in [0.2, 0.25) is 0 Å². The van der Waals surface area contributed by atoms with Gasteiger partial charge in [-0.3, -0.25) is 18.6 Å². The number of carbonyl (C=O) groups is 2. The lowest BCUT2D eigenvalue weighted by Crippen LogP contribution is -2.29. The lowest BCUT2D eigenvalue weighted by molar-refractivity contribution is -0.161. The minimum atomic E-state index is -4.62. The molecule has 0 aliphatic rings. The van der Waals surface area contributed by atoms with Crippen molar-refractivity contribution in [2.24, 2.45) is 0 Å². The summed E-state index contributed by atoms with van der Waals surface area (Å²) >= 11 is 0. The van der Waals surface area contributed by atoms with E-state index in [2.05, 4.69) is 50.3 Å². The van der Waals surface area contributed by atoms with Gasteiger partial charge in [0.1, 0.15) is 12.7 Å². The Bertz CT molecular complexity index is 1130. The van der Waals surface area contributed by atoms with Gasteiger partial charge in [-0.25, -0.2) is 4.57 Å². The summed E-state index contributed by atoms with van der Waals surface area (Å²) in [4.78, 5) is 35.2. The molecule has 62 heavy (non-hydrogen) atoms. The van der Waals surface area contributed by atoms with E-state index >= 15 is 0 Å². The van der Waals surface area contributed by atoms with Gasteiger partial charge in [-0.1, -0.05) is 192 Å². The maximum Gasteiger partial charge on any atom is 0.472 e. The summed E-state index contributed by atoms with van der Waals surface area (Å²) in [5.74, 6) is -0.928. The van der Waals surface area contributed by atoms with Crippen molar-refractivity contribution < 1.29 is 47.8 Å². The number of ether oxygens (including phenoxy) is 2. The summed E-state index contributed by atoms with van der Waals surface area (Å²) in [7, 11) is -4.62. The summed E-state index contributed by atoms with van der Waals surface area (Å²) < 4.78 is 32.9. The van der Waals surface area contributed by atoms with Crippen LogP contribution in [0.4, 0.5) is 0 Å². The molecule has 0 bridgehead atoms. The number of hydrogen-bond acceptors (Lipinski definition) is 9. The number of rotatable bonds is 48. The van der Waals surface area contributed by atoms with Crippen LogP contribution in [0.25, 0.3) is 0 Å². The molecule has 0 saturated carbocycles. The zero-order chi connectivity index (χ0) is 45.5. The number of allylic oxidation sites excluding steroid dienone is 6. The van der Waals surface area contributed by atoms with Crippen LogP contribution >= 0.6 is 7.82 Å². The second-order valence-corrected chi connectivity index (χ2v) is 18.6. The average Bonchev–Trinajstić information content (AvgIpc) is 3.26. The van der Waals surface area contributed by atoms with Gasteiger partial charge in [0, 0.05) is 12.8 Å². The van der Waals surface area contributed by atoms with Crippen molar-refractivity contribution in [3.05, 3.63) is 36.5 Å². The first kappa shape index (κ1) is 60.2. The third kappa shape index (κ3) is 46.2. The quantitative estimate of drug-likeness (QED) is 0.0233. The van der Waals surface area contributed by atoms with Gasteiger partial charge in [-0.15, -0.1) is 0 Å². The van der Waals surface area contributed by atoms with E-state index in [4.69, 9.17) is 23.6 Å². The molecule has 0 heterocycles. The highest BCUT2D eigenvalue weighted by Crippen LogP contribution is 2.43. The molecule has 3 atom stereocenters. The van der Waals surface area contributed by atoms with E-state index in [0.29, 0.717) is 12.8 Å². The topological polar surface area (TPSA) is 149 Å². The minimum Gasteiger partial charge on any atom is -0.462 e. The average molecular weight is 899 g/mol. The molecule has 364 valence electrons. The molecular formula is C51H95O10P. The van der Waals surface area contributed by atoms with Gasteiger partial charge < -0.3 is 24.6 Å². The summed E-state index contributed by atoms with van der Waals surface area (Å²) in [6.45, 7) is 2.39. The first-order chi connectivity index (χ1) is 30.2. The van der Waals surface area contributed by atoms with Crippen LogP contribution in [0.15, 0.2) is 36.5 Å². The SMILES string of the molecule is CCCCCC/C=C\C/C=C\CCCCCCCCCC(=O)OC(COC(=O)CCCCCCCCCCC/C=C\CCCCCCCCCC)COP(=O)(O)OCC(O)CO. The first-order valence-electron chi connectivity index (χ1n) is 25.4. The molecule has 0 rings (SSSR count). The first-order valence-corrected chi connectivity index (χ1v) is 26.9. The van der Waals surface area contributed by atoms with Crippen molar-refractivity contribution >= 4 is 19.8 Å². The third-order valence-corrected chi connectivity index (χ3v) is 12.0. The molecule has 0 radical (unpaired) electrons. The second kappa shape index (κ2) is 47.2. The van der Waals surface area contributed by atoms with E-state index < -0.39 is 51.8 Å². The molecule has 0 spiro atoms. The minimum absolute atomic E-state index is 0.176. The predicted octanol–water partition coefficient (Wildman–Crippen LogP) is 14.3. The zero-order valence-corrected chi connectivity index (χ0v) is 40.7. The molecule has 0 aromatic rings. The lowest BCUT2D eigenvalue weighted by atomic mass is 10.1. The highest BCUT2D eigenvalue weighted by Gasteiger charge is 2.27. The molecule has 10 nitrogen and oxygen atoms in total. The Kier molecular flexibility index (Phi) is 45.8. The van der Waals surface area contributed by atoms with Gasteiger partial charge in [0.25, 0.3) is 0 Å². The molecule has 0 aliphatic carbocycles. The van der Waals surface area contributed by atoms with Crippen molar-refractivity contribution in [1.82, 2.24) is 0 Å². The Morgan fingerprint density at radius 2 is 0.839 bits per heavy atom. The fraction of sp³-hybridized carbons (Fsp3) is 0.843. The van der Waals surface area contributed by atoms with Crippen molar-refractivity contribution in [2.45, 2.75) is 251 Å². The molecular weight excluding hydrogens is 804 g/mol. The van der Waals surface area contributed by atoms with Crippen LogP contribution in [0, 0.1) is 0 Å². The Balaban J connectivity index is 4.19. The molecule has 3 unspecified atom stereocenters. The van der Waals surface area contributed by atoms with Gasteiger partial charge in [-0.2, -0.15) is 0 Å². The molecule has 0 saturated heterocycles. The highest BCUT2D eigenvalue weighted by molar-refractivity contribution is 7.47. The number of esters is 2. The van der Waals surface area contributed by atoms with Gasteiger partial charge in [-0.05, 0) is 70.6 Å². The largest absolute Gasteiger partial charge is 0.472 e. The maximum atomic E-state index is 12.7. The van der Waals surface area contributed by atoms with Crippen molar-refractivity contribution in [2.75, 3.05) is 26.4 Å². The molecule has 0 fully saturated rings. The number of hydrogen-bond donors (Lipinski definition) is 3. The number of carbonyl (C=O) groups excluding carboxylic acids is 2. The Morgan fingerprint density at radius 3 is 1.27 bits per heavy atom. The number of phosphoric acid groups is 1. The van der Waals surface area contributed by atoms with Crippen LogP contribution in [0.2, 0.25) is 0 Å². The van der Waals surface area contributed by atoms with E-state index in [9.17, 15) is 24.2 Å². The lowest BCUT2D eigenvalue weighted by Gasteiger charge is -2.20. The van der Waals surface area contributed by atoms with Crippen LogP contribution in [0.5, 0.6) is 0 Å². The number of aliphatic hydroxyl groups is 2. The van der Waals surface area contributed by atoms with E-state index in [1.54, 1.807) is 0 Å². The standard InChI is InChI=1S/C51H95O10P/c1-3-5-7-9-11-13-15-17-19-21-23-24-25-27-28-30-32-34-36-38-40-42-50(54)58-46-49(47-60-62(56,57)59-45-48(53)44-52)61-51(55)43-41-39-37-35-33-31-29-26-22-20-18-16-14-12-10-8-6-4-2/h14,16,20-23,48-49,52-53H,3-13,15,17-19,24-47H2,1-2H3,(H,56,57)/b16-14-,22-20-,23-21-. The van der Waals surface area contributed by atoms with Gasteiger partial charge in [0.15, 0.2) is 6.10 Å². The Hall–Kier alpha value is -1.81. The second-order valence-electron chi connectivity index (χ2n) is 17.2. The molecule has 11 heteroatoms. The van der Waals surface area contributed by atoms with E-state index in [1.807, 2.05) is 0 Å². The monoisotopic (exact) mass is 899 g/mol. The number of aliphatic hydroxyl groups excluding tert-OH is 2. The highest BCUT2D eigenvalue weighted by atomic mass is 31.2. The summed E-state index contributed by atoms with van der Waals surface area (Å²) in [5, 5.41) is 18.4. The van der Waals surface area contributed by atoms with E-state index in [1.165, 1.54) is 141 Å². The van der Waals surface area contributed by atoms with Crippen LogP contribution in [0.3, 0.4) is 0 Å². The van der Waals surface area contributed by atoms with Crippen LogP contribution < -0.4 is 0 Å². The van der Waals surface area contributed by atoms with Gasteiger partial charge >= 0.3 is 19.8 Å². The van der Waals surface area contributed by atoms with Crippen molar-refractivity contribution in [1.29, 1.82) is 0 Å². The number of phosphoric ester groups is 1. The summed E-state index contributed by atoms with van der Waals surface area (Å²) in [6.07, 6.45) is 51.1. The van der Waals surface area contributed by atoms with E-state index in [0.717, 1.165) is 57.8 Å². The molecule has 0 aromatic carbocycles. The molecule has 0 amide bonds. The van der Waals surface area contributed by atoms with Crippen LogP contribution in [-0.2, 0) is 32.7 Å². The zero-order valence-electron chi connectivity index (χ0n) is 39.8. The van der Waals surface area contributed by atoms with Crippen LogP contribution in [-0.4, -0.2) is 65.7 Å². The van der Waals surface area contributed by atoms with Gasteiger partial charge in [0.05, 0.1) is 19.8 Å². The Labute approximate surface area is 380 Å². The third-order valence-electron chi connectivity index (χ3n) is 11.0. The maximum absolute atomic E-state index is 12.7. The fourth-order valence-corrected chi connectivity index (χ4v) is 7.87. The smallest absolute Gasteiger partial charge is 0.462 e. The summed E-state index contributed by atoms with van der Waals surface area (Å²) in [6, 6.07) is 0. The fourth-order valence-electron chi connectivity index (χ4n) is 7.08. The number of unbranched alkanes of at least 4 members (excludes halogenated alkanes) is 28. The summed E-state index contributed by atoms with van der Waals surface area (Å²) in [5.41, 5.74) is 0. The van der Waals surface area contributed by atoms with Crippen LogP contribution in [0.1, 0.15) is 239 Å².